The van der Waals surface area contributed by atoms with Gasteiger partial charge in [0.25, 0.3) is 5.92 Å². The first-order chi connectivity index (χ1) is 11.2. The lowest BCUT2D eigenvalue weighted by atomic mass is 10.0. The Morgan fingerprint density at radius 3 is 1.88 bits per heavy atom. The fraction of sp³-hybridized carbons (Fsp3) is 0.476. The van der Waals surface area contributed by atoms with Crippen molar-refractivity contribution in [2.75, 3.05) is 0 Å². The first-order valence-electron chi connectivity index (χ1n) is 8.55. The maximum atomic E-state index is 12.8. The molecule has 0 unspecified atom stereocenters. The van der Waals surface area contributed by atoms with E-state index in [1.165, 1.54) is 17.8 Å². The Bertz CT molecular complexity index is 569. The highest BCUT2D eigenvalue weighted by Crippen LogP contribution is 2.27. The standard InChI is InChI=1S/C12H16F2.C9H13N/c1-9(2)8-10-4-6-11(7-5-10)12(3,13)14;1-8(2)7-9-5-3-4-6-10-9/h4-7,9H,8H2,1-3H3;3-6,8H,7H2,1-2H3. The van der Waals surface area contributed by atoms with E-state index in [1.54, 1.807) is 12.1 Å². The van der Waals surface area contributed by atoms with Gasteiger partial charge in [0, 0.05) is 24.4 Å². The summed E-state index contributed by atoms with van der Waals surface area (Å²) < 4.78 is 25.7. The maximum Gasteiger partial charge on any atom is 0.270 e. The zero-order chi connectivity index (χ0) is 18.2. The maximum absolute atomic E-state index is 12.8. The Labute approximate surface area is 145 Å². The van der Waals surface area contributed by atoms with Crippen molar-refractivity contribution in [1.29, 1.82) is 0 Å². The van der Waals surface area contributed by atoms with E-state index >= 15 is 0 Å². The normalized spacial score (nSPS) is 11.4. The minimum atomic E-state index is -2.73. The predicted octanol–water partition coefficient (Wildman–Crippen LogP) is 6.28. The molecule has 0 atom stereocenters. The van der Waals surface area contributed by atoms with Crippen molar-refractivity contribution in [2.24, 2.45) is 11.8 Å². The Hall–Kier alpha value is -1.77. The van der Waals surface area contributed by atoms with Crippen LogP contribution in [0.25, 0.3) is 0 Å². The Kier molecular flexibility index (Phi) is 8.03. The van der Waals surface area contributed by atoms with Gasteiger partial charge in [0.15, 0.2) is 0 Å². The molecule has 0 aliphatic carbocycles. The van der Waals surface area contributed by atoms with Crippen LogP contribution in [-0.2, 0) is 18.8 Å². The van der Waals surface area contributed by atoms with Gasteiger partial charge in [-0.3, -0.25) is 4.98 Å². The number of nitrogens with zero attached hydrogens (tertiary/aromatic N) is 1. The Morgan fingerprint density at radius 2 is 1.46 bits per heavy atom. The molecule has 1 heterocycles. The van der Waals surface area contributed by atoms with Gasteiger partial charge >= 0.3 is 0 Å². The molecule has 0 spiro atoms. The van der Waals surface area contributed by atoms with E-state index in [1.807, 2.05) is 18.3 Å². The molecule has 0 radical (unpaired) electrons. The van der Waals surface area contributed by atoms with Gasteiger partial charge in [-0.2, -0.15) is 0 Å². The second kappa shape index (κ2) is 9.51. The van der Waals surface area contributed by atoms with Gasteiger partial charge in [0.05, 0.1) is 0 Å². The third-order valence-corrected chi connectivity index (χ3v) is 3.45. The van der Waals surface area contributed by atoms with Crippen molar-refractivity contribution >= 4 is 0 Å². The molecule has 0 saturated heterocycles. The van der Waals surface area contributed by atoms with Crippen LogP contribution in [-0.4, -0.2) is 4.98 Å². The molecular formula is C21H29F2N. The number of aromatic nitrogens is 1. The fourth-order valence-electron chi connectivity index (χ4n) is 2.34. The number of hydrogen-bond acceptors (Lipinski definition) is 1. The summed E-state index contributed by atoms with van der Waals surface area (Å²) in [6.07, 6.45) is 3.87. The number of benzene rings is 1. The molecule has 0 amide bonds. The molecule has 1 aromatic carbocycles. The van der Waals surface area contributed by atoms with Crippen LogP contribution in [0.1, 0.15) is 51.4 Å². The first kappa shape index (κ1) is 20.3. The molecule has 1 aromatic heterocycles. The van der Waals surface area contributed by atoms with Crippen molar-refractivity contribution < 1.29 is 8.78 Å². The summed E-state index contributed by atoms with van der Waals surface area (Å²) in [7, 11) is 0. The van der Waals surface area contributed by atoms with Crippen molar-refractivity contribution in [1.82, 2.24) is 4.98 Å². The second-order valence-electron chi connectivity index (χ2n) is 7.10. The number of pyridine rings is 1. The topological polar surface area (TPSA) is 12.9 Å². The average molecular weight is 333 g/mol. The zero-order valence-corrected chi connectivity index (χ0v) is 15.4. The molecule has 0 aliphatic rings. The summed E-state index contributed by atoms with van der Waals surface area (Å²) in [6, 6.07) is 12.6. The van der Waals surface area contributed by atoms with Crippen LogP contribution in [0.3, 0.4) is 0 Å². The van der Waals surface area contributed by atoms with Crippen molar-refractivity contribution in [3.63, 3.8) is 0 Å². The Morgan fingerprint density at radius 1 is 0.875 bits per heavy atom. The highest BCUT2D eigenvalue weighted by atomic mass is 19.3. The highest BCUT2D eigenvalue weighted by Gasteiger charge is 2.23. The Balaban J connectivity index is 0.000000254. The van der Waals surface area contributed by atoms with E-state index in [9.17, 15) is 8.78 Å². The average Bonchev–Trinajstić information content (AvgIpc) is 2.47. The van der Waals surface area contributed by atoms with Crippen molar-refractivity contribution in [3.05, 3.63) is 65.5 Å². The molecule has 24 heavy (non-hydrogen) atoms. The molecule has 2 rings (SSSR count). The summed E-state index contributed by atoms with van der Waals surface area (Å²) in [4.78, 5) is 4.22. The van der Waals surface area contributed by atoms with Crippen LogP contribution >= 0.6 is 0 Å². The summed E-state index contributed by atoms with van der Waals surface area (Å²) in [5.74, 6) is -1.46. The van der Waals surface area contributed by atoms with Gasteiger partial charge in [-0.15, -0.1) is 0 Å². The fourth-order valence-corrected chi connectivity index (χ4v) is 2.34. The molecule has 1 nitrogen and oxygen atoms in total. The lowest BCUT2D eigenvalue weighted by Crippen LogP contribution is -2.06. The molecule has 2 aromatic rings. The number of halogens is 2. The van der Waals surface area contributed by atoms with E-state index in [4.69, 9.17) is 0 Å². The smallest absolute Gasteiger partial charge is 0.261 e. The lowest BCUT2D eigenvalue weighted by Gasteiger charge is -2.11. The zero-order valence-electron chi connectivity index (χ0n) is 15.4. The minimum Gasteiger partial charge on any atom is -0.261 e. The number of hydrogen-bond donors (Lipinski definition) is 0. The lowest BCUT2D eigenvalue weighted by molar-refractivity contribution is 0.0174. The van der Waals surface area contributed by atoms with E-state index in [0.29, 0.717) is 11.8 Å². The second-order valence-corrected chi connectivity index (χ2v) is 7.10. The molecular weight excluding hydrogens is 304 g/mol. The van der Waals surface area contributed by atoms with E-state index in [0.717, 1.165) is 25.3 Å². The third-order valence-electron chi connectivity index (χ3n) is 3.45. The quantitative estimate of drug-likeness (QED) is 0.628. The summed E-state index contributed by atoms with van der Waals surface area (Å²) in [5.41, 5.74) is 2.40. The van der Waals surface area contributed by atoms with E-state index in [2.05, 4.69) is 38.7 Å². The van der Waals surface area contributed by atoms with Gasteiger partial charge in [-0.25, -0.2) is 8.78 Å². The van der Waals surface area contributed by atoms with Crippen LogP contribution in [0.2, 0.25) is 0 Å². The van der Waals surface area contributed by atoms with Crippen molar-refractivity contribution in [3.8, 4) is 0 Å². The van der Waals surface area contributed by atoms with Gasteiger partial charge < -0.3 is 0 Å². The molecule has 0 bridgehead atoms. The summed E-state index contributed by atoms with van der Waals surface area (Å²) >= 11 is 0. The number of alkyl halides is 2. The predicted molar refractivity (Wildman–Crippen MR) is 97.3 cm³/mol. The van der Waals surface area contributed by atoms with Gasteiger partial charge in [0.2, 0.25) is 0 Å². The molecule has 0 saturated carbocycles. The minimum absolute atomic E-state index is 0.0880. The molecule has 132 valence electrons. The number of rotatable bonds is 5. The van der Waals surface area contributed by atoms with Gasteiger partial charge in [0.1, 0.15) is 0 Å². The highest BCUT2D eigenvalue weighted by molar-refractivity contribution is 5.25. The molecule has 0 fully saturated rings. The van der Waals surface area contributed by atoms with Crippen LogP contribution in [0.15, 0.2) is 48.7 Å². The van der Waals surface area contributed by atoms with Crippen LogP contribution in [0, 0.1) is 11.8 Å². The van der Waals surface area contributed by atoms with E-state index < -0.39 is 5.92 Å². The van der Waals surface area contributed by atoms with Crippen LogP contribution in [0.5, 0.6) is 0 Å². The molecule has 0 N–H and O–H groups in total. The monoisotopic (exact) mass is 333 g/mol. The van der Waals surface area contributed by atoms with Crippen molar-refractivity contribution in [2.45, 2.75) is 53.4 Å². The first-order valence-corrected chi connectivity index (χ1v) is 8.55. The van der Waals surface area contributed by atoms with Crippen LogP contribution < -0.4 is 0 Å². The molecule has 3 heteroatoms. The van der Waals surface area contributed by atoms with E-state index in [-0.39, 0.29) is 5.56 Å². The SMILES string of the molecule is CC(C)Cc1ccc(C(C)(F)F)cc1.CC(C)Cc1ccccn1. The molecule has 0 aliphatic heterocycles. The summed E-state index contributed by atoms with van der Waals surface area (Å²) in [6.45, 7) is 9.55. The third kappa shape index (κ3) is 8.19. The van der Waals surface area contributed by atoms with Gasteiger partial charge in [-0.1, -0.05) is 58.0 Å². The van der Waals surface area contributed by atoms with Crippen LogP contribution in [0.4, 0.5) is 8.78 Å². The summed E-state index contributed by atoms with van der Waals surface area (Å²) in [5, 5.41) is 0. The largest absolute Gasteiger partial charge is 0.270 e. The van der Waals surface area contributed by atoms with Gasteiger partial charge in [-0.05, 0) is 42.4 Å².